The minimum Gasteiger partial charge on any atom is -0.469 e. The monoisotopic (exact) mass is 412 g/mol. The number of esters is 1. The third kappa shape index (κ3) is 8.19. The second kappa shape index (κ2) is 13.1. The summed E-state index contributed by atoms with van der Waals surface area (Å²) in [6.07, 6.45) is 9.58. The van der Waals surface area contributed by atoms with Crippen molar-refractivity contribution in [2.75, 3.05) is 14.2 Å². The number of ketones is 1. The molecule has 0 radical (unpaired) electrons. The number of methoxy groups -OCH3 is 2. The lowest BCUT2D eigenvalue weighted by molar-refractivity contribution is -0.140. The van der Waals surface area contributed by atoms with Crippen molar-refractivity contribution < 1.29 is 29.3 Å². The predicted octanol–water partition coefficient (Wildman–Crippen LogP) is 3.58. The van der Waals surface area contributed by atoms with Gasteiger partial charge in [0.15, 0.2) is 0 Å². The van der Waals surface area contributed by atoms with Crippen LogP contribution in [0.5, 0.6) is 0 Å². The van der Waals surface area contributed by atoms with Gasteiger partial charge < -0.3 is 19.7 Å². The van der Waals surface area contributed by atoms with Gasteiger partial charge in [-0.15, -0.1) is 0 Å². The van der Waals surface area contributed by atoms with E-state index in [-0.39, 0.29) is 30.0 Å². The highest BCUT2D eigenvalue weighted by Gasteiger charge is 2.40. The smallest absolute Gasteiger partial charge is 0.305 e. The number of carbonyl (C=O) groups is 2. The van der Waals surface area contributed by atoms with E-state index in [2.05, 4.69) is 11.7 Å². The quantitative estimate of drug-likeness (QED) is 0.257. The van der Waals surface area contributed by atoms with Gasteiger partial charge in [0.2, 0.25) is 0 Å². The molecular formula is C23H40O6. The molecule has 168 valence electrons. The number of rotatable bonds is 14. The second-order valence-corrected chi connectivity index (χ2v) is 8.40. The third-order valence-electron chi connectivity index (χ3n) is 6.24. The van der Waals surface area contributed by atoms with Crippen LogP contribution in [-0.4, -0.2) is 54.0 Å². The lowest BCUT2D eigenvalue weighted by Crippen LogP contribution is -2.40. The van der Waals surface area contributed by atoms with Gasteiger partial charge in [0.05, 0.1) is 18.8 Å². The zero-order valence-corrected chi connectivity index (χ0v) is 18.6. The van der Waals surface area contributed by atoms with Crippen LogP contribution in [0.3, 0.4) is 0 Å². The number of aliphatic hydroxyl groups is 2. The van der Waals surface area contributed by atoms with Crippen LogP contribution in [0.4, 0.5) is 0 Å². The fraction of sp³-hybridized carbons (Fsp3) is 0.826. The van der Waals surface area contributed by atoms with Crippen LogP contribution in [0, 0.1) is 11.8 Å². The van der Waals surface area contributed by atoms with E-state index in [9.17, 15) is 19.8 Å². The Kier molecular flexibility index (Phi) is 11.7. The van der Waals surface area contributed by atoms with Crippen molar-refractivity contribution >= 4 is 11.8 Å². The van der Waals surface area contributed by atoms with E-state index in [0.29, 0.717) is 6.42 Å². The standard InChI is InChI=1S/C23H40O6/c1-5-6-15-23(2,29-4)21(26)14-13-18-17(19(24)16-20(18)25)11-9-7-8-10-12-22(27)28-3/h13-14,17-18,20-21,25-26H,5-12,15-16H2,1-4H3/t17-,18-,20-,21-,23?/m1/s1. The summed E-state index contributed by atoms with van der Waals surface area (Å²) in [4.78, 5) is 23.5. The van der Waals surface area contributed by atoms with E-state index in [1.54, 1.807) is 13.2 Å². The van der Waals surface area contributed by atoms with Crippen LogP contribution in [0.25, 0.3) is 0 Å². The highest BCUT2D eigenvalue weighted by molar-refractivity contribution is 5.84. The molecule has 0 aromatic carbocycles. The first-order valence-electron chi connectivity index (χ1n) is 11.0. The van der Waals surface area contributed by atoms with E-state index >= 15 is 0 Å². The number of ether oxygens (including phenoxy) is 2. The van der Waals surface area contributed by atoms with E-state index in [1.807, 2.05) is 13.0 Å². The van der Waals surface area contributed by atoms with Gasteiger partial charge in [0, 0.05) is 31.8 Å². The van der Waals surface area contributed by atoms with Gasteiger partial charge in [0.25, 0.3) is 0 Å². The second-order valence-electron chi connectivity index (χ2n) is 8.40. The lowest BCUT2D eigenvalue weighted by atomic mass is 9.86. The fourth-order valence-corrected chi connectivity index (χ4v) is 4.02. The molecule has 6 heteroatoms. The molecule has 1 rings (SSSR count). The Bertz CT molecular complexity index is 531. The molecule has 1 aliphatic carbocycles. The Morgan fingerprint density at radius 3 is 2.55 bits per heavy atom. The molecule has 0 amide bonds. The van der Waals surface area contributed by atoms with E-state index < -0.39 is 17.8 Å². The Balaban J connectivity index is 2.57. The number of hydrogen-bond acceptors (Lipinski definition) is 6. The highest BCUT2D eigenvalue weighted by Crippen LogP contribution is 2.35. The summed E-state index contributed by atoms with van der Waals surface area (Å²) in [5, 5.41) is 21.0. The maximum Gasteiger partial charge on any atom is 0.305 e. The van der Waals surface area contributed by atoms with Gasteiger partial charge in [-0.3, -0.25) is 9.59 Å². The van der Waals surface area contributed by atoms with Crippen LogP contribution >= 0.6 is 0 Å². The Hall–Kier alpha value is -1.24. The molecule has 1 fully saturated rings. The third-order valence-corrected chi connectivity index (χ3v) is 6.24. The molecule has 29 heavy (non-hydrogen) atoms. The summed E-state index contributed by atoms with van der Waals surface area (Å²) < 4.78 is 10.2. The van der Waals surface area contributed by atoms with E-state index in [4.69, 9.17) is 4.74 Å². The molecule has 0 aliphatic heterocycles. The molecule has 1 aliphatic rings. The summed E-state index contributed by atoms with van der Waals surface area (Å²) in [5.74, 6) is -0.570. The maximum atomic E-state index is 12.3. The first kappa shape index (κ1) is 25.8. The van der Waals surface area contributed by atoms with Crippen LogP contribution in [0.15, 0.2) is 12.2 Å². The van der Waals surface area contributed by atoms with Crippen LogP contribution in [0.1, 0.15) is 78.1 Å². The van der Waals surface area contributed by atoms with Crippen molar-refractivity contribution in [2.45, 2.75) is 95.9 Å². The minimum atomic E-state index is -0.791. The number of aliphatic hydroxyl groups excluding tert-OH is 2. The van der Waals surface area contributed by atoms with Crippen molar-refractivity contribution in [3.05, 3.63) is 12.2 Å². The summed E-state index contributed by atoms with van der Waals surface area (Å²) >= 11 is 0. The zero-order chi connectivity index (χ0) is 21.9. The fourth-order valence-electron chi connectivity index (χ4n) is 4.02. The molecule has 0 heterocycles. The molecule has 0 spiro atoms. The first-order valence-corrected chi connectivity index (χ1v) is 11.0. The molecule has 1 saturated carbocycles. The van der Waals surface area contributed by atoms with Crippen LogP contribution in [-0.2, 0) is 19.1 Å². The first-order chi connectivity index (χ1) is 13.8. The zero-order valence-electron chi connectivity index (χ0n) is 18.6. The number of Topliss-reactive ketones (excluding diaryl/α,β-unsaturated/α-hetero) is 1. The maximum absolute atomic E-state index is 12.3. The average Bonchev–Trinajstić information content (AvgIpc) is 2.98. The van der Waals surface area contributed by atoms with E-state index in [0.717, 1.165) is 51.4 Å². The molecule has 0 saturated heterocycles. The molecule has 2 N–H and O–H groups in total. The lowest BCUT2D eigenvalue weighted by Gasteiger charge is -2.32. The summed E-state index contributed by atoms with van der Waals surface area (Å²) in [6.45, 7) is 3.98. The average molecular weight is 413 g/mol. The van der Waals surface area contributed by atoms with Gasteiger partial charge in [-0.05, 0) is 26.2 Å². The van der Waals surface area contributed by atoms with Crippen molar-refractivity contribution in [1.29, 1.82) is 0 Å². The largest absolute Gasteiger partial charge is 0.469 e. The van der Waals surface area contributed by atoms with Crippen molar-refractivity contribution in [2.24, 2.45) is 11.8 Å². The van der Waals surface area contributed by atoms with Crippen molar-refractivity contribution in [3.63, 3.8) is 0 Å². The minimum absolute atomic E-state index is 0.0942. The summed E-state index contributed by atoms with van der Waals surface area (Å²) in [7, 11) is 2.99. The molecule has 6 nitrogen and oxygen atoms in total. The van der Waals surface area contributed by atoms with E-state index in [1.165, 1.54) is 7.11 Å². The van der Waals surface area contributed by atoms with Gasteiger partial charge in [0.1, 0.15) is 11.9 Å². The Morgan fingerprint density at radius 2 is 1.93 bits per heavy atom. The number of unbranched alkanes of at least 4 members (excludes halogenated alkanes) is 4. The normalized spacial score (nSPS) is 25.3. The molecule has 5 atom stereocenters. The highest BCUT2D eigenvalue weighted by atomic mass is 16.5. The van der Waals surface area contributed by atoms with Crippen LogP contribution < -0.4 is 0 Å². The summed E-state index contributed by atoms with van der Waals surface area (Å²) in [5.41, 5.74) is -0.671. The topological polar surface area (TPSA) is 93.1 Å². The van der Waals surface area contributed by atoms with Gasteiger partial charge in [-0.1, -0.05) is 51.2 Å². The SMILES string of the molecule is CCCCC(C)(OC)[C@H](O)C=C[C@H]1[C@H](O)CC(=O)[C@@H]1CCCCCCC(=O)OC. The Labute approximate surface area is 175 Å². The molecule has 1 unspecified atom stereocenters. The van der Waals surface area contributed by atoms with Gasteiger partial charge >= 0.3 is 5.97 Å². The number of carbonyl (C=O) groups excluding carboxylic acids is 2. The molecule has 0 aromatic rings. The number of hydrogen-bond donors (Lipinski definition) is 2. The predicted molar refractivity (Wildman–Crippen MR) is 112 cm³/mol. The van der Waals surface area contributed by atoms with Gasteiger partial charge in [-0.2, -0.15) is 0 Å². The summed E-state index contributed by atoms with van der Waals surface area (Å²) in [6, 6.07) is 0. The van der Waals surface area contributed by atoms with Crippen LogP contribution in [0.2, 0.25) is 0 Å². The Morgan fingerprint density at radius 1 is 1.24 bits per heavy atom. The van der Waals surface area contributed by atoms with Crippen molar-refractivity contribution in [3.8, 4) is 0 Å². The van der Waals surface area contributed by atoms with Crippen molar-refractivity contribution in [1.82, 2.24) is 0 Å². The molecule has 0 aromatic heterocycles. The molecular weight excluding hydrogens is 372 g/mol. The van der Waals surface area contributed by atoms with Gasteiger partial charge in [-0.25, -0.2) is 0 Å². The molecule has 0 bridgehead atoms.